The summed E-state index contributed by atoms with van der Waals surface area (Å²) in [6, 6.07) is -0.847. The lowest BCUT2D eigenvalue weighted by atomic mass is 10.0. The summed E-state index contributed by atoms with van der Waals surface area (Å²) in [5, 5.41) is 14.1. The number of unbranched alkanes of at least 4 members (excludes halogenated alkanes) is 55. The van der Waals surface area contributed by atoms with Crippen molar-refractivity contribution in [1.29, 1.82) is 0 Å². The molecule has 86 heavy (non-hydrogen) atoms. The van der Waals surface area contributed by atoms with Gasteiger partial charge >= 0.3 is 7.82 Å². The van der Waals surface area contributed by atoms with Gasteiger partial charge in [0.05, 0.1) is 39.9 Å². The van der Waals surface area contributed by atoms with E-state index in [1.54, 1.807) is 6.08 Å². The number of hydrogen-bond acceptors (Lipinski definition) is 5. The quantitative estimate of drug-likeness (QED) is 0.0243. The van der Waals surface area contributed by atoms with Crippen LogP contribution in [0.1, 0.15) is 399 Å². The Hall–Kier alpha value is -1.28. The van der Waals surface area contributed by atoms with Gasteiger partial charge in [0.15, 0.2) is 0 Å². The highest BCUT2D eigenvalue weighted by Gasteiger charge is 2.28. The minimum Gasteiger partial charge on any atom is -0.387 e. The Labute approximate surface area is 537 Å². The van der Waals surface area contributed by atoms with E-state index in [0.717, 1.165) is 38.5 Å². The van der Waals surface area contributed by atoms with Gasteiger partial charge in [0.1, 0.15) is 13.2 Å². The summed E-state index contributed by atoms with van der Waals surface area (Å²) in [7, 11) is 1.59. The van der Waals surface area contributed by atoms with Gasteiger partial charge in [-0.1, -0.05) is 378 Å². The first-order chi connectivity index (χ1) is 42.0. The Balaban J connectivity index is 3.97. The number of likely N-dealkylation sites (N-methyl/N-ethyl adjacent to an activating group) is 1. The van der Waals surface area contributed by atoms with E-state index in [2.05, 4.69) is 43.5 Å². The van der Waals surface area contributed by atoms with Gasteiger partial charge in [0.2, 0.25) is 5.91 Å². The Morgan fingerprint density at radius 2 is 0.663 bits per heavy atom. The molecule has 9 heteroatoms. The maximum Gasteiger partial charge on any atom is 0.472 e. The summed E-state index contributed by atoms with van der Waals surface area (Å²) in [5.74, 6) is -0.168. The minimum atomic E-state index is -4.35. The van der Waals surface area contributed by atoms with Crippen molar-refractivity contribution >= 4 is 13.7 Å². The second kappa shape index (κ2) is 68.1. The van der Waals surface area contributed by atoms with E-state index in [4.69, 9.17) is 9.05 Å². The Kier molecular flexibility index (Phi) is 67.1. The van der Waals surface area contributed by atoms with Crippen LogP contribution in [0.5, 0.6) is 0 Å². The Morgan fingerprint density at radius 1 is 0.395 bits per heavy atom. The van der Waals surface area contributed by atoms with Crippen molar-refractivity contribution in [3.8, 4) is 0 Å². The number of carbonyl (C=O) groups is 1. The number of amides is 1. The van der Waals surface area contributed by atoms with Crippen LogP contribution in [-0.2, 0) is 18.4 Å². The molecular weight excluding hydrogens is 1080 g/mol. The normalized spacial score (nSPS) is 13.7. The van der Waals surface area contributed by atoms with Gasteiger partial charge in [0, 0.05) is 6.42 Å². The number of phosphoric ester groups is 1. The number of nitrogens with one attached hydrogen (secondary N) is 1. The lowest BCUT2D eigenvalue weighted by Crippen LogP contribution is -2.45. The smallest absolute Gasteiger partial charge is 0.387 e. The maximum absolute atomic E-state index is 13.1. The Bertz CT molecular complexity index is 1500. The summed E-state index contributed by atoms with van der Waals surface area (Å²) in [6.45, 7) is 4.87. The topological polar surface area (TPSA) is 105 Å². The van der Waals surface area contributed by atoms with E-state index >= 15 is 0 Å². The number of hydrogen-bond donors (Lipinski definition) is 3. The predicted octanol–water partition coefficient (Wildman–Crippen LogP) is 24.8. The molecule has 0 aromatic heterocycles. The number of allylic oxidation sites excluding steroid dienone is 5. The molecular formula is C77H152N2O6P+. The van der Waals surface area contributed by atoms with Crippen LogP contribution in [-0.4, -0.2) is 73.4 Å². The molecule has 0 heterocycles. The van der Waals surface area contributed by atoms with E-state index < -0.39 is 20.0 Å². The summed E-state index contributed by atoms with van der Waals surface area (Å²) < 4.78 is 23.9. The van der Waals surface area contributed by atoms with Crippen molar-refractivity contribution in [1.82, 2.24) is 5.32 Å². The van der Waals surface area contributed by atoms with E-state index in [1.807, 2.05) is 27.2 Å². The molecule has 0 spiro atoms. The predicted molar refractivity (Wildman–Crippen MR) is 378 cm³/mol. The average molecular weight is 1230 g/mol. The molecule has 0 aromatic rings. The van der Waals surface area contributed by atoms with E-state index in [0.29, 0.717) is 17.4 Å². The van der Waals surface area contributed by atoms with Crippen molar-refractivity contribution in [3.63, 3.8) is 0 Å². The molecule has 0 saturated heterocycles. The highest BCUT2D eigenvalue weighted by atomic mass is 31.2. The number of nitrogens with zero attached hydrogens (tertiary/aromatic N) is 1. The van der Waals surface area contributed by atoms with Crippen molar-refractivity contribution < 1.29 is 32.9 Å². The van der Waals surface area contributed by atoms with Crippen LogP contribution in [0.4, 0.5) is 0 Å². The zero-order valence-electron chi connectivity index (χ0n) is 58.6. The number of rotatable bonds is 72. The molecule has 0 aliphatic heterocycles. The van der Waals surface area contributed by atoms with Gasteiger partial charge in [-0.15, -0.1) is 0 Å². The zero-order chi connectivity index (χ0) is 62.6. The van der Waals surface area contributed by atoms with Crippen LogP contribution in [0, 0.1) is 0 Å². The summed E-state index contributed by atoms with van der Waals surface area (Å²) >= 11 is 0. The van der Waals surface area contributed by atoms with Crippen LogP contribution in [0.15, 0.2) is 36.5 Å². The highest BCUT2D eigenvalue weighted by Crippen LogP contribution is 2.43. The first-order valence-corrected chi connectivity index (χ1v) is 39.9. The molecule has 8 nitrogen and oxygen atoms in total. The molecule has 1 amide bonds. The second-order valence-corrected chi connectivity index (χ2v) is 29.2. The number of phosphoric acid groups is 1. The summed E-state index contributed by atoms with van der Waals surface area (Å²) in [5.41, 5.74) is 0. The lowest BCUT2D eigenvalue weighted by molar-refractivity contribution is -0.870. The van der Waals surface area contributed by atoms with Crippen LogP contribution >= 0.6 is 7.82 Å². The van der Waals surface area contributed by atoms with E-state index in [9.17, 15) is 19.4 Å². The van der Waals surface area contributed by atoms with Crippen molar-refractivity contribution in [2.24, 2.45) is 0 Å². The molecule has 0 fully saturated rings. The van der Waals surface area contributed by atoms with Gasteiger partial charge in [-0.25, -0.2) is 4.57 Å². The van der Waals surface area contributed by atoms with Gasteiger partial charge < -0.3 is 19.8 Å². The van der Waals surface area contributed by atoms with Gasteiger partial charge in [-0.3, -0.25) is 13.8 Å². The molecule has 0 aromatic carbocycles. The molecule has 3 N–H and O–H groups in total. The Morgan fingerprint density at radius 3 is 0.953 bits per heavy atom. The first kappa shape index (κ1) is 84.7. The summed E-state index contributed by atoms with van der Waals surface area (Å²) in [6.07, 6.45) is 91.8. The molecule has 3 atom stereocenters. The second-order valence-electron chi connectivity index (χ2n) is 27.7. The molecule has 0 aliphatic carbocycles. The number of aliphatic hydroxyl groups excluding tert-OH is 1. The number of carbonyl (C=O) groups excluding carboxylic acids is 1. The third kappa shape index (κ3) is 70.2. The number of quaternary nitrogens is 1. The maximum atomic E-state index is 13.1. The fourth-order valence-electron chi connectivity index (χ4n) is 11.9. The third-order valence-electron chi connectivity index (χ3n) is 17.9. The summed E-state index contributed by atoms with van der Waals surface area (Å²) in [4.78, 5) is 23.5. The third-order valence-corrected chi connectivity index (χ3v) is 18.8. The van der Waals surface area contributed by atoms with Crippen molar-refractivity contribution in [2.45, 2.75) is 411 Å². The standard InChI is InChI=1S/C77H151N2O6P/c1-6-8-10-12-14-16-18-20-22-24-26-28-30-32-34-36-37-38-39-40-41-43-45-47-49-51-53-55-57-59-61-63-65-67-69-71-77(81)78-75(74-85-86(82,83)84-73-72-79(3,4)5)76(80)70-68-66-64-62-60-58-56-54-52-50-48-46-44-42-35-33-31-29-27-25-23-21-19-17-15-13-11-9-7-2/h18,20,24,26,68,70,75-76,80H,6-17,19,21-23,25,27-67,69,71-74H2,1-5H3,(H-,78,81,82,83)/p+1/b20-18-,26-24-,70-68+. The van der Waals surface area contributed by atoms with Gasteiger partial charge in [0.25, 0.3) is 0 Å². The molecule has 0 aliphatic rings. The van der Waals surface area contributed by atoms with Crippen molar-refractivity contribution in [2.75, 3.05) is 40.9 Å². The van der Waals surface area contributed by atoms with Crippen LogP contribution in [0.2, 0.25) is 0 Å². The molecule has 0 radical (unpaired) electrons. The lowest BCUT2D eigenvalue weighted by Gasteiger charge is -2.25. The average Bonchev–Trinajstić information content (AvgIpc) is 3.70. The molecule has 0 rings (SSSR count). The fourth-order valence-corrected chi connectivity index (χ4v) is 12.6. The number of aliphatic hydroxyl groups is 1. The van der Waals surface area contributed by atoms with Crippen molar-refractivity contribution in [3.05, 3.63) is 36.5 Å². The van der Waals surface area contributed by atoms with Crippen LogP contribution in [0.3, 0.4) is 0 Å². The van der Waals surface area contributed by atoms with Gasteiger partial charge in [-0.05, 0) is 51.4 Å². The molecule has 510 valence electrons. The largest absolute Gasteiger partial charge is 0.472 e. The minimum absolute atomic E-state index is 0.0641. The molecule has 0 bridgehead atoms. The first-order valence-electron chi connectivity index (χ1n) is 38.4. The highest BCUT2D eigenvalue weighted by molar-refractivity contribution is 7.47. The SMILES string of the molecule is CCCCCCC/C=C\C/C=C\CCCCCCCCCCCCCCCCCCCCCCCCCC(=O)NC(COP(=O)(O)OCC[N+](C)(C)C)C(O)/C=C/CCCCCCCCCCCCCCCCCCCCCCCCCCCCC. The van der Waals surface area contributed by atoms with Crippen LogP contribution < -0.4 is 5.32 Å². The monoisotopic (exact) mass is 1230 g/mol. The van der Waals surface area contributed by atoms with Crippen LogP contribution in [0.25, 0.3) is 0 Å². The molecule has 3 unspecified atom stereocenters. The molecule has 0 saturated carbocycles. The van der Waals surface area contributed by atoms with E-state index in [-0.39, 0.29) is 19.1 Å². The van der Waals surface area contributed by atoms with Gasteiger partial charge in [-0.2, -0.15) is 0 Å². The zero-order valence-corrected chi connectivity index (χ0v) is 59.5. The fraction of sp³-hybridized carbons (Fsp3) is 0.909. The van der Waals surface area contributed by atoms with E-state index in [1.165, 1.54) is 340 Å².